The highest BCUT2D eigenvalue weighted by Gasteiger charge is 2.16. The molecular formula is C23H15N3O5. The summed E-state index contributed by atoms with van der Waals surface area (Å²) in [7, 11) is 0. The average Bonchev–Trinajstić information content (AvgIpc) is 3.27. The summed E-state index contributed by atoms with van der Waals surface area (Å²) in [6.07, 6.45) is 2.79. The fraction of sp³-hybridized carbons (Fsp3) is 0.0435. The van der Waals surface area contributed by atoms with E-state index in [4.69, 9.17) is 9.52 Å². The summed E-state index contributed by atoms with van der Waals surface area (Å²) in [6.45, 7) is 0. The Morgan fingerprint density at radius 2 is 1.81 bits per heavy atom. The first kappa shape index (κ1) is 19.7. The summed E-state index contributed by atoms with van der Waals surface area (Å²) in [5.74, 6) is 1.38. The van der Waals surface area contributed by atoms with Crippen molar-refractivity contribution in [2.24, 2.45) is 0 Å². The van der Waals surface area contributed by atoms with Crippen LogP contribution < -0.4 is 5.56 Å². The average molecular weight is 413 g/mol. The molecule has 2 N–H and O–H groups in total. The van der Waals surface area contributed by atoms with Gasteiger partial charge in [-0.05, 0) is 17.7 Å². The van der Waals surface area contributed by atoms with Crippen molar-refractivity contribution in [1.82, 2.24) is 14.5 Å². The van der Waals surface area contributed by atoms with Crippen LogP contribution in [-0.2, 0) is 6.42 Å². The van der Waals surface area contributed by atoms with Crippen molar-refractivity contribution < 1.29 is 19.4 Å². The summed E-state index contributed by atoms with van der Waals surface area (Å²) in [5.41, 5.74) is 1.55. The van der Waals surface area contributed by atoms with Gasteiger partial charge in [0.15, 0.2) is 5.69 Å². The number of hydrogen-bond donors (Lipinski definition) is 2. The van der Waals surface area contributed by atoms with Crippen LogP contribution in [0.1, 0.15) is 15.9 Å². The van der Waals surface area contributed by atoms with E-state index in [2.05, 4.69) is 21.9 Å². The van der Waals surface area contributed by atoms with E-state index in [0.717, 1.165) is 21.9 Å². The number of hydrogen-bond acceptors (Lipinski definition) is 6. The summed E-state index contributed by atoms with van der Waals surface area (Å²) in [5, 5.41) is 18.9. The number of carboxylic acid groups (broad SMARTS) is 1. The maximum Gasteiger partial charge on any atom is 0.335 e. The topological polar surface area (TPSA) is 118 Å². The van der Waals surface area contributed by atoms with E-state index in [9.17, 15) is 14.7 Å². The molecule has 0 spiro atoms. The second kappa shape index (κ2) is 8.39. The molecule has 2 aromatic carbocycles. The minimum absolute atomic E-state index is 0.0282. The fourth-order valence-electron chi connectivity index (χ4n) is 2.82. The molecule has 0 fully saturated rings. The Hall–Kier alpha value is -4.64. The number of benzene rings is 2. The molecule has 0 saturated heterocycles. The SMILES string of the molecule is O=C(O)c1ccc(CC#Cn2cc(O)nc(-c3nc(-c4ccccc4)co3)c2=O)cc1. The molecule has 0 amide bonds. The third-order valence-electron chi connectivity index (χ3n) is 4.36. The molecule has 0 bridgehead atoms. The number of aromatic nitrogens is 3. The fourth-order valence-corrected chi connectivity index (χ4v) is 2.82. The lowest BCUT2D eigenvalue weighted by Crippen LogP contribution is -2.19. The number of aromatic hydroxyl groups is 1. The number of oxazole rings is 1. The molecule has 8 heteroatoms. The zero-order valence-electron chi connectivity index (χ0n) is 16.0. The molecule has 0 aliphatic heterocycles. The Morgan fingerprint density at radius 3 is 2.52 bits per heavy atom. The maximum atomic E-state index is 12.8. The first-order valence-electron chi connectivity index (χ1n) is 9.16. The minimum Gasteiger partial charge on any atom is -0.492 e. The maximum absolute atomic E-state index is 12.8. The van der Waals surface area contributed by atoms with Gasteiger partial charge >= 0.3 is 5.97 Å². The number of carboxylic acids is 1. The molecule has 4 aromatic rings. The molecule has 0 aliphatic rings. The zero-order chi connectivity index (χ0) is 21.8. The molecule has 0 aliphatic carbocycles. The van der Waals surface area contributed by atoms with Crippen molar-refractivity contribution >= 4 is 5.97 Å². The van der Waals surface area contributed by atoms with Crippen LogP contribution in [0, 0.1) is 12.0 Å². The molecule has 2 heterocycles. The first-order valence-corrected chi connectivity index (χ1v) is 9.16. The predicted octanol–water partition coefficient (Wildman–Crippen LogP) is 3.02. The molecule has 0 atom stereocenters. The molecular weight excluding hydrogens is 398 g/mol. The largest absolute Gasteiger partial charge is 0.492 e. The Bertz CT molecular complexity index is 1360. The van der Waals surface area contributed by atoms with Gasteiger partial charge in [-0.1, -0.05) is 48.4 Å². The van der Waals surface area contributed by atoms with Crippen LogP contribution in [0.2, 0.25) is 0 Å². The van der Waals surface area contributed by atoms with Gasteiger partial charge in [0.25, 0.3) is 11.4 Å². The Labute approximate surface area is 176 Å². The van der Waals surface area contributed by atoms with Crippen LogP contribution in [0.15, 0.2) is 76.3 Å². The van der Waals surface area contributed by atoms with Crippen molar-refractivity contribution in [3.8, 4) is 40.7 Å². The third kappa shape index (κ3) is 4.36. The zero-order valence-corrected chi connectivity index (χ0v) is 16.0. The second-order valence-electron chi connectivity index (χ2n) is 6.49. The number of carbonyl (C=O) groups is 1. The van der Waals surface area contributed by atoms with E-state index in [1.807, 2.05) is 30.3 Å². The Kier molecular flexibility index (Phi) is 5.32. The molecule has 152 valence electrons. The lowest BCUT2D eigenvalue weighted by Gasteiger charge is -2.00. The summed E-state index contributed by atoms with van der Waals surface area (Å²) in [4.78, 5) is 31.8. The van der Waals surface area contributed by atoms with Crippen molar-refractivity contribution in [3.05, 3.63) is 88.5 Å². The molecule has 31 heavy (non-hydrogen) atoms. The quantitative estimate of drug-likeness (QED) is 0.494. The van der Waals surface area contributed by atoms with Crippen molar-refractivity contribution in [3.63, 3.8) is 0 Å². The third-order valence-corrected chi connectivity index (χ3v) is 4.36. The van der Waals surface area contributed by atoms with E-state index in [1.54, 1.807) is 12.1 Å². The van der Waals surface area contributed by atoms with Gasteiger partial charge in [0, 0.05) is 18.0 Å². The molecule has 0 unspecified atom stereocenters. The van der Waals surface area contributed by atoms with E-state index in [-0.39, 0.29) is 23.6 Å². The van der Waals surface area contributed by atoms with Crippen LogP contribution in [-0.4, -0.2) is 30.7 Å². The van der Waals surface area contributed by atoms with Crippen LogP contribution >= 0.6 is 0 Å². The van der Waals surface area contributed by atoms with Gasteiger partial charge in [0.2, 0.25) is 5.88 Å². The normalized spacial score (nSPS) is 10.3. The highest BCUT2D eigenvalue weighted by molar-refractivity contribution is 5.87. The van der Waals surface area contributed by atoms with Gasteiger partial charge in [0.1, 0.15) is 12.0 Å². The van der Waals surface area contributed by atoms with Gasteiger partial charge in [0.05, 0.1) is 11.8 Å². The van der Waals surface area contributed by atoms with Crippen molar-refractivity contribution in [2.75, 3.05) is 0 Å². The van der Waals surface area contributed by atoms with Crippen molar-refractivity contribution in [2.45, 2.75) is 6.42 Å². The minimum atomic E-state index is -1.01. The summed E-state index contributed by atoms with van der Waals surface area (Å²) in [6, 6.07) is 18.2. The Balaban J connectivity index is 1.60. The smallest absolute Gasteiger partial charge is 0.335 e. The standard InChI is InChI=1S/C23H15N3O5/c27-19-13-26(12-4-5-15-8-10-17(11-9-15)23(29)30)22(28)20(25-19)21-24-18(14-31-21)16-6-2-1-3-7-16/h1-3,6-11,13-14,27H,5H2,(H,29,30). The van der Waals surface area contributed by atoms with Gasteiger partial charge in [-0.15, -0.1) is 0 Å². The predicted molar refractivity (Wildman–Crippen MR) is 111 cm³/mol. The van der Waals surface area contributed by atoms with E-state index >= 15 is 0 Å². The Morgan fingerprint density at radius 1 is 1.06 bits per heavy atom. The van der Waals surface area contributed by atoms with E-state index in [1.165, 1.54) is 18.4 Å². The molecule has 4 rings (SSSR count). The number of rotatable bonds is 4. The molecule has 2 aromatic heterocycles. The van der Waals surface area contributed by atoms with Crippen LogP contribution in [0.3, 0.4) is 0 Å². The van der Waals surface area contributed by atoms with E-state index in [0.29, 0.717) is 5.69 Å². The highest BCUT2D eigenvalue weighted by Crippen LogP contribution is 2.22. The molecule has 0 saturated carbocycles. The van der Waals surface area contributed by atoms with Gasteiger partial charge < -0.3 is 14.6 Å². The number of aromatic carboxylic acids is 1. The van der Waals surface area contributed by atoms with Crippen LogP contribution in [0.5, 0.6) is 5.88 Å². The second-order valence-corrected chi connectivity index (χ2v) is 6.49. The van der Waals surface area contributed by atoms with E-state index < -0.39 is 17.4 Å². The first-order chi connectivity index (χ1) is 15.0. The monoisotopic (exact) mass is 413 g/mol. The number of nitrogens with zero attached hydrogens (tertiary/aromatic N) is 3. The van der Waals surface area contributed by atoms with Gasteiger partial charge in [-0.2, -0.15) is 0 Å². The molecule has 0 radical (unpaired) electrons. The van der Waals surface area contributed by atoms with Crippen molar-refractivity contribution in [1.29, 1.82) is 0 Å². The summed E-state index contributed by atoms with van der Waals surface area (Å²) < 4.78 is 6.42. The van der Waals surface area contributed by atoms with Crippen LogP contribution in [0.4, 0.5) is 0 Å². The lowest BCUT2D eigenvalue weighted by molar-refractivity contribution is 0.0697. The molecule has 8 nitrogen and oxygen atoms in total. The van der Waals surface area contributed by atoms with Gasteiger partial charge in [-0.25, -0.2) is 19.3 Å². The highest BCUT2D eigenvalue weighted by atomic mass is 16.4. The van der Waals surface area contributed by atoms with Crippen LogP contribution in [0.25, 0.3) is 22.8 Å². The lowest BCUT2D eigenvalue weighted by atomic mass is 10.1. The van der Waals surface area contributed by atoms with Gasteiger partial charge in [-0.3, -0.25) is 4.79 Å². The summed E-state index contributed by atoms with van der Waals surface area (Å²) >= 11 is 0.